The third-order valence-corrected chi connectivity index (χ3v) is 15.4. The number of aromatic nitrogens is 2. The van der Waals surface area contributed by atoms with Gasteiger partial charge in [-0.25, -0.2) is 19.6 Å². The first-order valence-corrected chi connectivity index (χ1v) is 23.8. The molecule has 14 nitrogen and oxygen atoms in total. The van der Waals surface area contributed by atoms with Crippen LogP contribution in [0.25, 0.3) is 0 Å². The molecular weight excluding hydrogens is 971 g/mol. The maximum atomic E-state index is 13.2. The number of aliphatic hydroxyl groups excluding tert-OH is 1. The normalized spacial score (nSPS) is 22.0. The first-order valence-electron chi connectivity index (χ1n) is 23.8. The highest BCUT2D eigenvalue weighted by molar-refractivity contribution is 7.59. The van der Waals surface area contributed by atoms with Crippen LogP contribution in [0.1, 0.15) is 103 Å². The fraction of sp³-hybridized carbons (Fsp3) is 0.382. The summed E-state index contributed by atoms with van der Waals surface area (Å²) in [6.45, 7) is 1.66. The Balaban J connectivity index is 0.000000175. The lowest BCUT2D eigenvalue weighted by Gasteiger charge is -2.33. The van der Waals surface area contributed by atoms with E-state index in [0.29, 0.717) is 48.4 Å². The Hall–Kier alpha value is -6.01. The summed E-state index contributed by atoms with van der Waals surface area (Å²) in [4.78, 5) is 85.7. The number of amides is 3. The summed E-state index contributed by atoms with van der Waals surface area (Å²) in [6, 6.07) is 28.2. The monoisotopic (exact) mass is 1030 g/mol. The number of esters is 2. The van der Waals surface area contributed by atoms with Crippen molar-refractivity contribution in [3.63, 3.8) is 0 Å². The summed E-state index contributed by atoms with van der Waals surface area (Å²) in [7, 11) is 2.77. The number of hydrogen-bond donors (Lipinski definition) is 2. The van der Waals surface area contributed by atoms with Crippen molar-refractivity contribution in [2.45, 2.75) is 77.0 Å². The molecule has 3 aliphatic carbocycles. The number of ketones is 1. The van der Waals surface area contributed by atoms with Crippen molar-refractivity contribution in [3.8, 4) is 0 Å². The van der Waals surface area contributed by atoms with Crippen LogP contribution in [-0.4, -0.2) is 91.0 Å². The Labute approximate surface area is 441 Å². The van der Waals surface area contributed by atoms with E-state index in [1.807, 2.05) is 72.8 Å². The van der Waals surface area contributed by atoms with Crippen LogP contribution in [0.5, 0.6) is 0 Å². The average molecular weight is 1030 g/mol. The Morgan fingerprint density at radius 3 is 1.36 bits per heavy atom. The first-order chi connectivity index (χ1) is 33.4. The number of nitrogens with one attached hydrogen (secondary N) is 1. The molecule has 5 heterocycles. The van der Waals surface area contributed by atoms with Crippen LogP contribution in [0.2, 0.25) is 0 Å². The van der Waals surface area contributed by atoms with E-state index < -0.39 is 12.0 Å². The van der Waals surface area contributed by atoms with Gasteiger partial charge in [-0.1, -0.05) is 36.4 Å². The van der Waals surface area contributed by atoms with Crippen LogP contribution in [0.4, 0.5) is 11.6 Å². The number of benzene rings is 3. The number of methoxy groups -OCH3 is 2. The molecule has 3 aromatic carbocycles. The van der Waals surface area contributed by atoms with Crippen LogP contribution < -0.4 is 15.1 Å². The molecule has 2 aromatic heterocycles. The summed E-state index contributed by atoms with van der Waals surface area (Å²) in [5, 5.41) is 12.0. The lowest BCUT2D eigenvalue weighted by atomic mass is 9.70. The van der Waals surface area contributed by atoms with Gasteiger partial charge in [0.05, 0.1) is 41.6 Å². The molecule has 3 fully saturated rings. The van der Waals surface area contributed by atoms with Crippen molar-refractivity contribution in [1.29, 1.82) is 0 Å². The number of rotatable bonds is 6. The standard InChI is InChI=1S/2C20H20N2O3.C15H17NO3.3H2S/c1-25-18(23)15-6-5-14-7-8-20(13-16(14)12-15)9-11-22(19(20)24)17-4-2-3-10-21-17;23-13-17(24)15-5-4-14-6-7-20(12-16(14)11-15)8-10-22(19(20)25)18-3-1-2-9-21-18;1-19-13(17)11-3-2-10-4-5-15(9-12(10)8-11)6-7-16-14(15)18;;;/h2-6,10,12H,7-9,11,13H2,1H3;1-5,9,11,23H,6-8,10,12-13H2;2-3,8H,4-7,9H2,1H3,(H,16,18);3*1H2/t2*20-;15-;;;/m111.../s1. The smallest absolute Gasteiger partial charge is 0.337 e. The summed E-state index contributed by atoms with van der Waals surface area (Å²) in [5.41, 5.74) is 7.54. The maximum Gasteiger partial charge on any atom is 0.337 e. The molecule has 17 heteroatoms. The number of aryl methyl sites for hydroxylation is 3. The number of carbonyl (C=O) groups excluding carboxylic acids is 6. The third-order valence-electron chi connectivity index (χ3n) is 15.4. The Bertz CT molecular complexity index is 2700. The Morgan fingerprint density at radius 2 is 0.972 bits per heavy atom. The van der Waals surface area contributed by atoms with Crippen molar-refractivity contribution in [2.24, 2.45) is 16.2 Å². The quantitative estimate of drug-likeness (QED) is 0.135. The van der Waals surface area contributed by atoms with E-state index in [0.717, 1.165) is 93.3 Å². The zero-order valence-corrected chi connectivity index (χ0v) is 43.6. The summed E-state index contributed by atoms with van der Waals surface area (Å²) < 4.78 is 9.57. The van der Waals surface area contributed by atoms with Gasteiger partial charge in [0.1, 0.15) is 18.2 Å². The van der Waals surface area contributed by atoms with Crippen molar-refractivity contribution >= 4 is 87.6 Å². The predicted molar refractivity (Wildman–Crippen MR) is 288 cm³/mol. The van der Waals surface area contributed by atoms with Crippen LogP contribution in [0, 0.1) is 16.2 Å². The molecule has 0 saturated carbocycles. The molecule has 3 amide bonds. The molecule has 72 heavy (non-hydrogen) atoms. The molecule has 0 bridgehead atoms. The van der Waals surface area contributed by atoms with E-state index in [1.165, 1.54) is 30.9 Å². The Morgan fingerprint density at radius 1 is 0.556 bits per heavy atom. The number of aliphatic hydroxyl groups is 1. The van der Waals surface area contributed by atoms with Gasteiger partial charge in [0.15, 0.2) is 5.78 Å². The molecule has 0 unspecified atom stereocenters. The van der Waals surface area contributed by atoms with Gasteiger partial charge < -0.3 is 19.9 Å². The van der Waals surface area contributed by atoms with E-state index in [2.05, 4.69) is 15.3 Å². The van der Waals surface area contributed by atoms with Crippen molar-refractivity contribution in [2.75, 3.05) is 50.3 Å². The molecule has 2 N–H and O–H groups in total. The lowest BCUT2D eigenvalue weighted by molar-refractivity contribution is -0.128. The minimum absolute atomic E-state index is 0. The molecule has 3 saturated heterocycles. The number of nitrogens with zero attached hydrogens (tertiary/aromatic N) is 4. The highest BCUT2D eigenvalue weighted by Gasteiger charge is 2.50. The molecule has 6 aliphatic rings. The average Bonchev–Trinajstić information content (AvgIpc) is 4.02. The van der Waals surface area contributed by atoms with Crippen molar-refractivity contribution in [1.82, 2.24) is 15.3 Å². The fourth-order valence-electron chi connectivity index (χ4n) is 11.4. The highest BCUT2D eigenvalue weighted by atomic mass is 32.1. The summed E-state index contributed by atoms with van der Waals surface area (Å²) in [5.74, 6) is 0.944. The topological polar surface area (TPSA) is 185 Å². The van der Waals surface area contributed by atoms with Gasteiger partial charge in [0.25, 0.3) is 0 Å². The zero-order valence-electron chi connectivity index (χ0n) is 40.6. The largest absolute Gasteiger partial charge is 0.465 e. The first kappa shape index (κ1) is 55.3. The minimum Gasteiger partial charge on any atom is -0.465 e. The van der Waals surface area contributed by atoms with Crippen LogP contribution in [0.15, 0.2) is 103 Å². The number of fused-ring (bicyclic) bond motifs is 3. The molecule has 3 atom stereocenters. The zero-order chi connectivity index (χ0) is 48.3. The number of anilines is 2. The van der Waals surface area contributed by atoms with Gasteiger partial charge in [-0.3, -0.25) is 29.0 Å². The number of Topliss-reactive ketones (excluding diaryl/α,β-unsaturated/α-hetero) is 1. The summed E-state index contributed by atoms with van der Waals surface area (Å²) in [6.07, 6.45) is 13.2. The number of carbonyl (C=O) groups is 6. The molecule has 3 aliphatic heterocycles. The van der Waals surface area contributed by atoms with E-state index in [-0.39, 0.29) is 86.8 Å². The van der Waals surface area contributed by atoms with Crippen LogP contribution >= 0.6 is 40.5 Å². The maximum absolute atomic E-state index is 13.2. The van der Waals surface area contributed by atoms with Crippen LogP contribution in [0.3, 0.4) is 0 Å². The molecule has 11 rings (SSSR count). The van der Waals surface area contributed by atoms with Gasteiger partial charge in [-0.05, 0) is 165 Å². The number of pyridine rings is 2. The second-order valence-electron chi connectivity index (χ2n) is 19.2. The number of ether oxygens (including phenoxy) is 2. The molecule has 0 radical (unpaired) electrons. The van der Waals surface area contributed by atoms with Gasteiger partial charge >= 0.3 is 11.9 Å². The van der Waals surface area contributed by atoms with Gasteiger partial charge in [-0.15, -0.1) is 0 Å². The second-order valence-corrected chi connectivity index (χ2v) is 19.2. The van der Waals surface area contributed by atoms with E-state index in [9.17, 15) is 28.8 Å². The fourth-order valence-corrected chi connectivity index (χ4v) is 11.4. The minimum atomic E-state index is -0.490. The van der Waals surface area contributed by atoms with Gasteiger partial charge in [-0.2, -0.15) is 40.5 Å². The van der Waals surface area contributed by atoms with E-state index in [4.69, 9.17) is 14.6 Å². The molecule has 380 valence electrons. The lowest BCUT2D eigenvalue weighted by Crippen LogP contribution is -2.39. The van der Waals surface area contributed by atoms with Crippen molar-refractivity contribution in [3.05, 3.63) is 153 Å². The van der Waals surface area contributed by atoms with E-state index >= 15 is 0 Å². The second kappa shape index (κ2) is 23.2. The third kappa shape index (κ3) is 10.8. The van der Waals surface area contributed by atoms with E-state index in [1.54, 1.807) is 40.4 Å². The molecule has 3 spiro atoms. The van der Waals surface area contributed by atoms with Gasteiger partial charge in [0, 0.05) is 37.6 Å². The van der Waals surface area contributed by atoms with Crippen molar-refractivity contribution < 1.29 is 43.3 Å². The SMILES string of the molecule is COC(=O)c1ccc2c(c1)C[C@@]1(CC2)CCN(c2ccccn2)C1=O.COC(=O)c1ccc2c(c1)C[C@]1(CCNC1=O)CC2.O=C(CO)c1ccc2c(c1)C[C@@]1(CC2)CCN(c2ccccn2)C1=O.S.S.S. The predicted octanol–water partition coefficient (Wildman–Crippen LogP) is 6.76. The Kier molecular flexibility index (Phi) is 17.9. The van der Waals surface area contributed by atoms with Gasteiger partial charge in [0.2, 0.25) is 17.7 Å². The molecular formula is C55H63N5O9S3. The summed E-state index contributed by atoms with van der Waals surface area (Å²) >= 11 is 0. The number of hydrogen-bond acceptors (Lipinski definition) is 11. The highest BCUT2D eigenvalue weighted by Crippen LogP contribution is 2.47. The van der Waals surface area contributed by atoms with Crippen LogP contribution in [-0.2, 0) is 62.4 Å². The molecule has 5 aromatic rings.